The van der Waals surface area contributed by atoms with E-state index < -0.39 is 12.0 Å². The van der Waals surface area contributed by atoms with Gasteiger partial charge in [0.25, 0.3) is 5.56 Å². The van der Waals surface area contributed by atoms with Gasteiger partial charge in [-0.15, -0.1) is 0 Å². The molecule has 14 heteroatoms. The first kappa shape index (κ1) is 35.7. The number of hydrogen-bond acceptors (Lipinski definition) is 11. The van der Waals surface area contributed by atoms with Gasteiger partial charge >= 0.3 is 12.0 Å². The Kier molecular flexibility index (Phi) is 11.3. The van der Waals surface area contributed by atoms with Gasteiger partial charge in [-0.1, -0.05) is 49.7 Å². The van der Waals surface area contributed by atoms with Crippen molar-refractivity contribution in [3.05, 3.63) is 110 Å². The SMILES string of the molecule is CCOC(=O)c1nn(-c2cnc(OC)nc2OC)c(C(C)C)c1C(Nc1cc(Cl)c(=O)n(Cc2ccc(OC)cc2)c1)c1ccc(NC)cc1. The van der Waals surface area contributed by atoms with E-state index in [-0.39, 0.29) is 47.2 Å². The van der Waals surface area contributed by atoms with Crippen LogP contribution in [0.15, 0.2) is 71.8 Å². The summed E-state index contributed by atoms with van der Waals surface area (Å²) in [5.74, 6) is 0.113. The first-order valence-electron chi connectivity index (χ1n) is 15.9. The molecule has 1 atom stereocenters. The van der Waals surface area contributed by atoms with E-state index in [9.17, 15) is 9.59 Å². The molecule has 0 radical (unpaired) electrons. The predicted octanol–water partition coefficient (Wildman–Crippen LogP) is 6.09. The molecule has 262 valence electrons. The van der Waals surface area contributed by atoms with E-state index in [1.807, 2.05) is 69.4 Å². The summed E-state index contributed by atoms with van der Waals surface area (Å²) >= 11 is 6.56. The average molecular weight is 702 g/mol. The van der Waals surface area contributed by atoms with Gasteiger partial charge in [-0.05, 0) is 54.3 Å². The van der Waals surface area contributed by atoms with Crippen molar-refractivity contribution in [2.24, 2.45) is 0 Å². The molecule has 3 heterocycles. The molecule has 0 bridgehead atoms. The number of esters is 1. The third kappa shape index (κ3) is 7.52. The van der Waals surface area contributed by atoms with Crippen LogP contribution < -0.4 is 30.4 Å². The van der Waals surface area contributed by atoms with Crippen LogP contribution >= 0.6 is 11.6 Å². The van der Waals surface area contributed by atoms with Crippen molar-refractivity contribution in [3.8, 4) is 23.3 Å². The van der Waals surface area contributed by atoms with Crippen LogP contribution in [0.2, 0.25) is 5.02 Å². The second-order valence-corrected chi connectivity index (χ2v) is 11.9. The number of carbonyl (C=O) groups is 1. The summed E-state index contributed by atoms with van der Waals surface area (Å²) in [7, 11) is 6.37. The Balaban J connectivity index is 1.73. The molecule has 5 aromatic rings. The molecule has 2 N–H and O–H groups in total. The van der Waals surface area contributed by atoms with E-state index in [1.165, 1.54) is 25.0 Å². The fourth-order valence-corrected chi connectivity index (χ4v) is 5.84. The number of carbonyl (C=O) groups excluding carboxylic acids is 1. The zero-order valence-corrected chi connectivity index (χ0v) is 29.7. The summed E-state index contributed by atoms with van der Waals surface area (Å²) in [6.07, 6.45) is 3.23. The summed E-state index contributed by atoms with van der Waals surface area (Å²) in [4.78, 5) is 35.6. The Morgan fingerprint density at radius 1 is 0.980 bits per heavy atom. The van der Waals surface area contributed by atoms with Gasteiger partial charge in [0.15, 0.2) is 5.69 Å². The molecule has 1 unspecified atom stereocenters. The summed E-state index contributed by atoms with van der Waals surface area (Å²) in [6, 6.07) is 16.2. The average Bonchev–Trinajstić information content (AvgIpc) is 3.53. The predicted molar refractivity (Wildman–Crippen MR) is 192 cm³/mol. The minimum atomic E-state index is -0.681. The van der Waals surface area contributed by atoms with Gasteiger partial charge in [0.1, 0.15) is 16.5 Å². The molecule has 3 aromatic heterocycles. The number of aromatic nitrogens is 5. The Hall–Kier alpha value is -5.56. The molecular weight excluding hydrogens is 662 g/mol. The van der Waals surface area contributed by atoms with Crippen LogP contribution in [0.5, 0.6) is 17.6 Å². The first-order valence-corrected chi connectivity index (χ1v) is 16.3. The fourth-order valence-electron chi connectivity index (χ4n) is 5.61. The van der Waals surface area contributed by atoms with Crippen molar-refractivity contribution in [1.29, 1.82) is 0 Å². The Labute approximate surface area is 295 Å². The molecule has 5 rings (SSSR count). The maximum Gasteiger partial charge on any atom is 0.359 e. The van der Waals surface area contributed by atoms with Crippen LogP contribution in [0, 0.1) is 0 Å². The monoisotopic (exact) mass is 701 g/mol. The number of ether oxygens (including phenoxy) is 4. The van der Waals surface area contributed by atoms with Gasteiger partial charge in [-0.25, -0.2) is 14.5 Å². The molecular formula is C36H40ClN7O6. The summed E-state index contributed by atoms with van der Waals surface area (Å²) in [6.45, 7) is 6.13. The second kappa shape index (κ2) is 15.8. The van der Waals surface area contributed by atoms with E-state index in [0.29, 0.717) is 28.4 Å². The quantitative estimate of drug-likeness (QED) is 0.130. The standard InChI is InChI=1S/C36H40ClN7O6/c1-8-50-35(46)31-29(32(21(2)3)44(42-31)28-18-39-36(49-7)41-33(28)48-6)30(23-11-13-24(38-4)14-12-23)40-25-17-27(37)34(45)43(20-25)19-22-9-15-26(47-5)16-10-22/h9-18,20-21,30,38,40H,8,19H2,1-7H3. The summed E-state index contributed by atoms with van der Waals surface area (Å²) in [5, 5.41) is 11.6. The van der Waals surface area contributed by atoms with E-state index in [4.69, 9.17) is 35.6 Å². The summed E-state index contributed by atoms with van der Waals surface area (Å²) in [5.41, 5.74) is 4.47. The number of anilines is 2. The number of halogens is 1. The highest BCUT2D eigenvalue weighted by Gasteiger charge is 2.34. The topological polar surface area (TPSA) is 144 Å². The van der Waals surface area contributed by atoms with Gasteiger partial charge in [0, 0.05) is 24.5 Å². The zero-order chi connectivity index (χ0) is 35.9. The highest BCUT2D eigenvalue weighted by atomic mass is 35.5. The maximum absolute atomic E-state index is 13.7. The van der Waals surface area contributed by atoms with Crippen LogP contribution in [0.1, 0.15) is 65.6 Å². The molecule has 0 saturated carbocycles. The molecule has 0 aliphatic heterocycles. The van der Waals surface area contributed by atoms with Crippen LogP contribution in [0.4, 0.5) is 11.4 Å². The van der Waals surface area contributed by atoms with E-state index >= 15 is 0 Å². The van der Waals surface area contributed by atoms with Crippen molar-refractivity contribution >= 4 is 28.9 Å². The molecule has 0 aliphatic rings. The van der Waals surface area contributed by atoms with Crippen molar-refractivity contribution in [1.82, 2.24) is 24.3 Å². The molecule has 0 amide bonds. The lowest BCUT2D eigenvalue weighted by Gasteiger charge is -2.24. The highest BCUT2D eigenvalue weighted by Crippen LogP contribution is 2.38. The smallest absolute Gasteiger partial charge is 0.359 e. The Morgan fingerprint density at radius 2 is 1.70 bits per heavy atom. The van der Waals surface area contributed by atoms with Gasteiger partial charge in [-0.2, -0.15) is 10.1 Å². The number of methoxy groups -OCH3 is 3. The summed E-state index contributed by atoms with van der Waals surface area (Å²) < 4.78 is 24.8. The molecule has 13 nitrogen and oxygen atoms in total. The lowest BCUT2D eigenvalue weighted by molar-refractivity contribution is 0.0517. The van der Waals surface area contributed by atoms with Crippen LogP contribution in [-0.2, 0) is 11.3 Å². The molecule has 0 aliphatic carbocycles. The third-order valence-electron chi connectivity index (χ3n) is 7.98. The first-order chi connectivity index (χ1) is 24.1. The number of pyridine rings is 1. The van der Waals surface area contributed by atoms with Gasteiger partial charge in [-0.3, -0.25) is 4.79 Å². The number of hydrogen-bond donors (Lipinski definition) is 2. The van der Waals surface area contributed by atoms with Crippen LogP contribution in [0.25, 0.3) is 5.69 Å². The van der Waals surface area contributed by atoms with Crippen molar-refractivity contribution in [2.75, 3.05) is 45.6 Å². The van der Waals surface area contributed by atoms with Crippen molar-refractivity contribution in [2.45, 2.75) is 39.3 Å². The minimum Gasteiger partial charge on any atom is -0.497 e. The number of benzene rings is 2. The largest absolute Gasteiger partial charge is 0.497 e. The Bertz CT molecular complexity index is 2010. The van der Waals surface area contributed by atoms with Crippen LogP contribution in [0.3, 0.4) is 0 Å². The van der Waals surface area contributed by atoms with Crippen LogP contribution in [-0.4, -0.2) is 65.3 Å². The number of nitrogens with one attached hydrogen (secondary N) is 2. The zero-order valence-electron chi connectivity index (χ0n) is 29.0. The van der Waals surface area contributed by atoms with Gasteiger partial charge in [0.2, 0.25) is 5.88 Å². The van der Waals surface area contributed by atoms with Gasteiger partial charge < -0.3 is 34.1 Å². The van der Waals surface area contributed by atoms with E-state index in [1.54, 1.807) is 31.0 Å². The third-order valence-corrected chi connectivity index (χ3v) is 8.25. The number of nitrogens with zero attached hydrogens (tertiary/aromatic N) is 5. The minimum absolute atomic E-state index is 0.0262. The normalized spacial score (nSPS) is 11.6. The van der Waals surface area contributed by atoms with E-state index in [2.05, 4.69) is 20.6 Å². The second-order valence-electron chi connectivity index (χ2n) is 11.5. The lowest BCUT2D eigenvalue weighted by atomic mass is 9.92. The molecule has 50 heavy (non-hydrogen) atoms. The molecule has 0 saturated heterocycles. The van der Waals surface area contributed by atoms with E-state index in [0.717, 1.165) is 16.8 Å². The molecule has 2 aromatic carbocycles. The highest BCUT2D eigenvalue weighted by molar-refractivity contribution is 6.30. The van der Waals surface area contributed by atoms with Crippen molar-refractivity contribution in [3.63, 3.8) is 0 Å². The Morgan fingerprint density at radius 3 is 2.30 bits per heavy atom. The van der Waals surface area contributed by atoms with Crippen molar-refractivity contribution < 1.29 is 23.7 Å². The number of rotatable bonds is 14. The molecule has 0 fully saturated rings. The van der Waals surface area contributed by atoms with Gasteiger partial charge in [0.05, 0.1) is 58.1 Å². The fraction of sp³-hybridized carbons (Fsp3) is 0.306. The lowest BCUT2D eigenvalue weighted by Crippen LogP contribution is -2.23. The molecule has 0 spiro atoms. The maximum atomic E-state index is 13.7.